The van der Waals surface area contributed by atoms with E-state index in [0.717, 1.165) is 0 Å². The van der Waals surface area contributed by atoms with Crippen molar-refractivity contribution in [3.05, 3.63) is 43.7 Å². The fraction of sp³-hybridized carbons (Fsp3) is 0. The molecule has 0 saturated heterocycles. The van der Waals surface area contributed by atoms with Crippen molar-refractivity contribution in [2.24, 2.45) is 0 Å². The van der Waals surface area contributed by atoms with E-state index in [1.54, 1.807) is 0 Å². The summed E-state index contributed by atoms with van der Waals surface area (Å²) < 4.78 is 2.92. The molecule has 2 aliphatic heterocycles. The maximum atomic E-state index is 3.12. The SMILES string of the molecule is C1=C[Se]C(C2=CNC=C[Se]2)=CN1. The Morgan fingerprint density at radius 1 is 0.833 bits per heavy atom. The van der Waals surface area contributed by atoms with E-state index in [-0.39, 0.29) is 0 Å². The predicted molar refractivity (Wildman–Crippen MR) is 52.2 cm³/mol. The van der Waals surface area contributed by atoms with Gasteiger partial charge >= 0.3 is 84.2 Å². The first-order valence-electron chi connectivity index (χ1n) is 3.53. The van der Waals surface area contributed by atoms with Crippen molar-refractivity contribution >= 4 is 29.9 Å². The van der Waals surface area contributed by atoms with Gasteiger partial charge in [-0.15, -0.1) is 0 Å². The van der Waals surface area contributed by atoms with Gasteiger partial charge in [-0.3, -0.25) is 0 Å². The average molecular weight is 290 g/mol. The molecule has 2 nitrogen and oxygen atoms in total. The average Bonchev–Trinajstić information content (AvgIpc) is 2.21. The second kappa shape index (κ2) is 4.01. The van der Waals surface area contributed by atoms with Crippen molar-refractivity contribution in [3.63, 3.8) is 0 Å². The summed E-state index contributed by atoms with van der Waals surface area (Å²) >= 11 is 1.04. The van der Waals surface area contributed by atoms with Gasteiger partial charge in [-0.2, -0.15) is 0 Å². The summed E-state index contributed by atoms with van der Waals surface area (Å²) in [6.07, 6.45) is 8.22. The van der Waals surface area contributed by atoms with Crippen molar-refractivity contribution in [2.45, 2.75) is 0 Å². The summed E-state index contributed by atoms with van der Waals surface area (Å²) in [5.74, 6) is 0. The van der Waals surface area contributed by atoms with E-state index in [1.165, 1.54) is 8.94 Å². The third-order valence-corrected chi connectivity index (χ3v) is 5.67. The third kappa shape index (κ3) is 1.85. The zero-order valence-electron chi connectivity index (χ0n) is 6.28. The zero-order chi connectivity index (χ0) is 8.23. The van der Waals surface area contributed by atoms with Gasteiger partial charge in [-0.05, 0) is 0 Å². The molecule has 2 N–H and O–H groups in total. The molecule has 0 aliphatic carbocycles. The minimum absolute atomic E-state index is 0.520. The van der Waals surface area contributed by atoms with Crippen molar-refractivity contribution in [3.8, 4) is 0 Å². The van der Waals surface area contributed by atoms with E-state index < -0.39 is 0 Å². The van der Waals surface area contributed by atoms with Crippen molar-refractivity contribution in [1.82, 2.24) is 10.6 Å². The predicted octanol–water partition coefficient (Wildman–Crippen LogP) is 0.226. The molecule has 0 unspecified atom stereocenters. The van der Waals surface area contributed by atoms with Crippen molar-refractivity contribution < 1.29 is 0 Å². The van der Waals surface area contributed by atoms with Crippen LogP contribution in [0.25, 0.3) is 0 Å². The van der Waals surface area contributed by atoms with E-state index in [2.05, 4.69) is 33.0 Å². The second-order valence-electron chi connectivity index (χ2n) is 2.19. The number of nitrogens with one attached hydrogen (secondary N) is 2. The summed E-state index contributed by atoms with van der Waals surface area (Å²) in [6, 6.07) is 0. The molecule has 0 atom stereocenters. The molecule has 2 aliphatic rings. The Balaban J connectivity index is 2.08. The molecule has 2 rings (SSSR count). The Morgan fingerprint density at radius 2 is 1.33 bits per heavy atom. The number of hydrogen-bond acceptors (Lipinski definition) is 2. The zero-order valence-corrected chi connectivity index (χ0v) is 9.71. The number of allylic oxidation sites excluding steroid dienone is 2. The minimum atomic E-state index is 0.520. The standard InChI is InChI=1S/C8H8N2Se2/c1-3-11-7(5-9-1)8-6-10-2-4-12-8/h1-6,9-10H. The van der Waals surface area contributed by atoms with Crippen LogP contribution in [0, 0.1) is 0 Å². The molecule has 0 spiro atoms. The van der Waals surface area contributed by atoms with Gasteiger partial charge in [0.2, 0.25) is 0 Å². The van der Waals surface area contributed by atoms with E-state index >= 15 is 0 Å². The van der Waals surface area contributed by atoms with Crippen LogP contribution in [-0.4, -0.2) is 29.9 Å². The van der Waals surface area contributed by atoms with E-state index in [0.29, 0.717) is 29.9 Å². The van der Waals surface area contributed by atoms with Gasteiger partial charge in [0, 0.05) is 0 Å². The van der Waals surface area contributed by atoms with Gasteiger partial charge in [0.15, 0.2) is 0 Å². The van der Waals surface area contributed by atoms with E-state index in [1.807, 2.05) is 12.4 Å². The Kier molecular flexibility index (Phi) is 2.75. The number of hydrogen-bond donors (Lipinski definition) is 2. The first-order chi connectivity index (χ1) is 5.97. The fourth-order valence-electron chi connectivity index (χ4n) is 0.867. The molecular weight excluding hydrogens is 282 g/mol. The Labute approximate surface area is 84.2 Å². The fourth-order valence-corrected chi connectivity index (χ4v) is 4.45. The van der Waals surface area contributed by atoms with Gasteiger partial charge in [-0.1, -0.05) is 0 Å². The first kappa shape index (κ1) is 8.21. The summed E-state index contributed by atoms with van der Waals surface area (Å²) in [7, 11) is 0. The quantitative estimate of drug-likeness (QED) is 0.675. The second-order valence-corrected chi connectivity index (χ2v) is 6.17. The molecule has 0 amide bonds. The molecule has 2 heterocycles. The topological polar surface area (TPSA) is 24.1 Å². The van der Waals surface area contributed by atoms with Gasteiger partial charge < -0.3 is 0 Å². The molecule has 0 radical (unpaired) electrons. The summed E-state index contributed by atoms with van der Waals surface area (Å²) in [5.41, 5.74) is 0. The van der Waals surface area contributed by atoms with Crippen LogP contribution >= 0.6 is 0 Å². The van der Waals surface area contributed by atoms with Crippen LogP contribution in [0.15, 0.2) is 43.7 Å². The summed E-state index contributed by atoms with van der Waals surface area (Å²) in [6.45, 7) is 0. The Bertz CT molecular complexity index is 259. The van der Waals surface area contributed by atoms with Gasteiger partial charge in [0.05, 0.1) is 0 Å². The van der Waals surface area contributed by atoms with E-state index in [4.69, 9.17) is 0 Å². The van der Waals surface area contributed by atoms with Crippen LogP contribution < -0.4 is 10.6 Å². The monoisotopic (exact) mass is 292 g/mol. The van der Waals surface area contributed by atoms with Crippen LogP contribution in [0.2, 0.25) is 0 Å². The summed E-state index contributed by atoms with van der Waals surface area (Å²) in [4.78, 5) is 4.41. The van der Waals surface area contributed by atoms with Gasteiger partial charge in [-0.25, -0.2) is 0 Å². The number of rotatable bonds is 1. The molecule has 0 saturated carbocycles. The van der Waals surface area contributed by atoms with Crippen LogP contribution in [0.1, 0.15) is 0 Å². The summed E-state index contributed by atoms with van der Waals surface area (Å²) in [5, 5.41) is 6.24. The molecule has 4 heteroatoms. The van der Waals surface area contributed by atoms with Crippen molar-refractivity contribution in [2.75, 3.05) is 0 Å². The van der Waals surface area contributed by atoms with Crippen LogP contribution in [-0.2, 0) is 0 Å². The molecule has 0 aromatic rings. The molecule has 0 fully saturated rings. The van der Waals surface area contributed by atoms with Gasteiger partial charge in [0.1, 0.15) is 0 Å². The van der Waals surface area contributed by atoms with Crippen LogP contribution in [0.5, 0.6) is 0 Å². The van der Waals surface area contributed by atoms with Crippen LogP contribution in [0.4, 0.5) is 0 Å². The molecule has 0 bridgehead atoms. The van der Waals surface area contributed by atoms with Gasteiger partial charge in [0.25, 0.3) is 0 Å². The molecule has 0 aromatic heterocycles. The Hall–Kier alpha value is -0.401. The van der Waals surface area contributed by atoms with E-state index in [9.17, 15) is 0 Å². The van der Waals surface area contributed by atoms with Crippen LogP contribution in [0.3, 0.4) is 0 Å². The molecular formula is C8H8N2Se2. The Morgan fingerprint density at radius 3 is 1.67 bits per heavy atom. The normalized spacial score (nSPS) is 20.7. The molecule has 0 aromatic carbocycles. The maximum absolute atomic E-state index is 3.12. The first-order valence-corrected chi connectivity index (χ1v) is 7.22. The third-order valence-electron chi connectivity index (χ3n) is 1.39. The molecule has 12 heavy (non-hydrogen) atoms. The van der Waals surface area contributed by atoms with Crippen molar-refractivity contribution in [1.29, 1.82) is 0 Å². The molecule has 62 valence electrons.